The van der Waals surface area contributed by atoms with Gasteiger partial charge in [-0.25, -0.2) is 0 Å². The van der Waals surface area contributed by atoms with Gasteiger partial charge in [-0.05, 0) is 42.5 Å². The molecule has 0 atom stereocenters. The number of amides is 1. The van der Waals surface area contributed by atoms with Crippen LogP contribution in [0, 0.1) is 13.8 Å². The first-order valence-electron chi connectivity index (χ1n) is 7.51. The molecule has 6 heteroatoms. The van der Waals surface area contributed by atoms with E-state index >= 15 is 0 Å². The zero-order chi connectivity index (χ0) is 16.9. The Hall–Kier alpha value is -2.73. The molecule has 5 nitrogen and oxygen atoms in total. The van der Waals surface area contributed by atoms with E-state index in [4.69, 9.17) is 4.42 Å². The predicted molar refractivity (Wildman–Crippen MR) is 95.0 cm³/mol. The van der Waals surface area contributed by atoms with Crippen molar-refractivity contribution in [3.05, 3.63) is 69.2 Å². The minimum atomic E-state index is -0.301. The van der Waals surface area contributed by atoms with Crippen LogP contribution in [0.2, 0.25) is 0 Å². The van der Waals surface area contributed by atoms with Gasteiger partial charge in [0.25, 0.3) is 5.91 Å². The molecule has 0 saturated heterocycles. The minimum absolute atomic E-state index is 0.107. The van der Waals surface area contributed by atoms with Crippen molar-refractivity contribution < 1.29 is 9.21 Å². The number of hydrogen-bond donors (Lipinski definition) is 1. The van der Waals surface area contributed by atoms with Crippen molar-refractivity contribution in [1.29, 1.82) is 0 Å². The fourth-order valence-corrected chi connectivity index (χ4v) is 2.89. The maximum Gasteiger partial charge on any atom is 0.322 e. The number of rotatable bonds is 5. The molecule has 0 aliphatic carbocycles. The van der Waals surface area contributed by atoms with Crippen LogP contribution >= 0.6 is 11.3 Å². The normalized spacial score (nSPS) is 11.1. The molecule has 3 rings (SSSR count). The minimum Gasteiger partial charge on any atom is -0.407 e. The molecular weight excluding hydrogens is 322 g/mol. The fourth-order valence-electron chi connectivity index (χ4n) is 2.27. The maximum absolute atomic E-state index is 11.8. The molecule has 0 unspecified atom stereocenters. The molecule has 1 aromatic carbocycles. The van der Waals surface area contributed by atoms with Gasteiger partial charge in [-0.2, -0.15) is 0 Å². The highest BCUT2D eigenvalue weighted by atomic mass is 32.1. The molecular formula is C18H17N3O2S. The van der Waals surface area contributed by atoms with E-state index in [1.165, 1.54) is 17.2 Å². The van der Waals surface area contributed by atoms with E-state index in [2.05, 4.69) is 47.6 Å². The first-order chi connectivity index (χ1) is 11.6. The molecule has 0 aliphatic rings. The Morgan fingerprint density at radius 2 is 2.17 bits per heavy atom. The number of nitrogens with one attached hydrogen (secondary N) is 1. The van der Waals surface area contributed by atoms with Crippen molar-refractivity contribution in [2.75, 3.05) is 5.32 Å². The highest BCUT2D eigenvalue weighted by Gasteiger charge is 2.10. The second-order valence-electron chi connectivity index (χ2n) is 5.45. The number of carbonyl (C=O) groups excluding carboxylic acids is 1. The third-order valence-electron chi connectivity index (χ3n) is 3.48. The highest BCUT2D eigenvalue weighted by Crippen LogP contribution is 2.16. The molecule has 1 N–H and O–H groups in total. The molecule has 122 valence electrons. The van der Waals surface area contributed by atoms with Crippen LogP contribution in [0.25, 0.3) is 6.08 Å². The summed E-state index contributed by atoms with van der Waals surface area (Å²) >= 11 is 1.56. The SMILES string of the molecule is Cc1ccc(Cc2nnc(NC(=O)/C=C/c3cccs3)o2)c(C)c1. The van der Waals surface area contributed by atoms with E-state index in [9.17, 15) is 4.79 Å². The first kappa shape index (κ1) is 16.1. The van der Waals surface area contributed by atoms with Gasteiger partial charge >= 0.3 is 6.01 Å². The number of nitrogens with zero attached hydrogens (tertiary/aromatic N) is 2. The molecule has 0 spiro atoms. The Kier molecular flexibility index (Phi) is 4.86. The summed E-state index contributed by atoms with van der Waals surface area (Å²) in [5.74, 6) is 0.171. The maximum atomic E-state index is 11.8. The largest absolute Gasteiger partial charge is 0.407 e. The van der Waals surface area contributed by atoms with E-state index in [1.54, 1.807) is 17.4 Å². The van der Waals surface area contributed by atoms with E-state index in [1.807, 2.05) is 17.5 Å². The van der Waals surface area contributed by atoms with Crippen LogP contribution in [0.15, 0.2) is 46.2 Å². The quantitative estimate of drug-likeness (QED) is 0.714. The van der Waals surface area contributed by atoms with E-state index < -0.39 is 0 Å². The summed E-state index contributed by atoms with van der Waals surface area (Å²) in [6.45, 7) is 4.11. The molecule has 0 fully saturated rings. The van der Waals surface area contributed by atoms with Gasteiger partial charge in [0.05, 0.1) is 6.42 Å². The second kappa shape index (κ2) is 7.23. The zero-order valence-electron chi connectivity index (χ0n) is 13.4. The van der Waals surface area contributed by atoms with Crippen LogP contribution in [-0.2, 0) is 11.2 Å². The lowest BCUT2D eigenvalue weighted by molar-refractivity contribution is -0.112. The number of aromatic nitrogens is 2. The number of benzene rings is 1. The molecule has 1 amide bonds. The smallest absolute Gasteiger partial charge is 0.322 e. The van der Waals surface area contributed by atoms with Gasteiger partial charge < -0.3 is 4.42 Å². The molecule has 0 bridgehead atoms. The van der Waals surface area contributed by atoms with Gasteiger partial charge in [-0.1, -0.05) is 34.9 Å². The first-order valence-corrected chi connectivity index (χ1v) is 8.39. The Bertz CT molecular complexity index is 866. The van der Waals surface area contributed by atoms with Crippen LogP contribution in [0.1, 0.15) is 27.5 Å². The molecule has 24 heavy (non-hydrogen) atoms. The van der Waals surface area contributed by atoms with Crippen molar-refractivity contribution in [2.24, 2.45) is 0 Å². The Morgan fingerprint density at radius 1 is 1.29 bits per heavy atom. The fraction of sp³-hybridized carbons (Fsp3) is 0.167. The van der Waals surface area contributed by atoms with Crippen molar-refractivity contribution in [3.63, 3.8) is 0 Å². The number of aryl methyl sites for hydroxylation is 2. The molecule has 0 radical (unpaired) electrons. The Balaban J connectivity index is 1.62. The average Bonchev–Trinajstić information content (AvgIpc) is 3.20. The molecule has 3 aromatic rings. The number of thiophene rings is 1. The van der Waals surface area contributed by atoms with Gasteiger partial charge in [0, 0.05) is 11.0 Å². The zero-order valence-corrected chi connectivity index (χ0v) is 14.3. The number of anilines is 1. The van der Waals surface area contributed by atoms with Crippen LogP contribution < -0.4 is 5.32 Å². The molecule has 0 aliphatic heterocycles. The summed E-state index contributed by atoms with van der Waals surface area (Å²) in [6, 6.07) is 10.2. The van der Waals surface area contributed by atoms with Gasteiger partial charge in [0.15, 0.2) is 0 Å². The third kappa shape index (κ3) is 4.17. The summed E-state index contributed by atoms with van der Waals surface area (Å²) in [6.07, 6.45) is 3.73. The summed E-state index contributed by atoms with van der Waals surface area (Å²) < 4.78 is 5.50. The van der Waals surface area contributed by atoms with Gasteiger partial charge in [0.2, 0.25) is 5.89 Å². The van der Waals surface area contributed by atoms with Crippen LogP contribution in [-0.4, -0.2) is 16.1 Å². The monoisotopic (exact) mass is 339 g/mol. The lowest BCUT2D eigenvalue weighted by atomic mass is 10.0. The van der Waals surface area contributed by atoms with Gasteiger partial charge in [-0.15, -0.1) is 16.4 Å². The lowest BCUT2D eigenvalue weighted by Crippen LogP contribution is -2.07. The standard InChI is InChI=1S/C18H17N3O2S/c1-12-5-6-14(13(2)10-12)11-17-20-21-18(23-17)19-16(22)8-7-15-4-3-9-24-15/h3-10H,11H2,1-2H3,(H,19,21,22)/b8-7+. The van der Waals surface area contributed by atoms with Crippen molar-refractivity contribution in [1.82, 2.24) is 10.2 Å². The van der Waals surface area contributed by atoms with Crippen LogP contribution in [0.4, 0.5) is 6.01 Å². The highest BCUT2D eigenvalue weighted by molar-refractivity contribution is 7.10. The summed E-state index contributed by atoms with van der Waals surface area (Å²) in [4.78, 5) is 12.9. The van der Waals surface area contributed by atoms with Gasteiger partial charge in [-0.3, -0.25) is 10.1 Å². The topological polar surface area (TPSA) is 68.0 Å². The average molecular weight is 339 g/mol. The Morgan fingerprint density at radius 3 is 2.92 bits per heavy atom. The van der Waals surface area contributed by atoms with Crippen molar-refractivity contribution in [3.8, 4) is 0 Å². The predicted octanol–water partition coefficient (Wildman–Crippen LogP) is 3.99. The van der Waals surface area contributed by atoms with E-state index in [0.29, 0.717) is 12.3 Å². The lowest BCUT2D eigenvalue weighted by Gasteiger charge is -2.03. The van der Waals surface area contributed by atoms with E-state index in [0.717, 1.165) is 10.4 Å². The second-order valence-corrected chi connectivity index (χ2v) is 6.42. The van der Waals surface area contributed by atoms with Crippen LogP contribution in [0.3, 0.4) is 0 Å². The summed E-state index contributed by atoms with van der Waals surface area (Å²) in [7, 11) is 0. The number of carbonyl (C=O) groups is 1. The Labute approximate surface area is 144 Å². The summed E-state index contributed by atoms with van der Waals surface area (Å²) in [5, 5.41) is 12.4. The molecule has 2 aromatic heterocycles. The van der Waals surface area contributed by atoms with Crippen molar-refractivity contribution >= 4 is 29.3 Å². The van der Waals surface area contributed by atoms with Crippen molar-refractivity contribution in [2.45, 2.75) is 20.3 Å². The number of hydrogen-bond acceptors (Lipinski definition) is 5. The van der Waals surface area contributed by atoms with Crippen LogP contribution in [0.5, 0.6) is 0 Å². The van der Waals surface area contributed by atoms with E-state index in [-0.39, 0.29) is 11.9 Å². The molecule has 0 saturated carbocycles. The van der Waals surface area contributed by atoms with Gasteiger partial charge in [0.1, 0.15) is 0 Å². The summed E-state index contributed by atoms with van der Waals surface area (Å²) in [5.41, 5.74) is 3.52. The third-order valence-corrected chi connectivity index (χ3v) is 4.32. The molecule has 2 heterocycles.